The highest BCUT2D eigenvalue weighted by Gasteiger charge is 2.27. The summed E-state index contributed by atoms with van der Waals surface area (Å²) in [6.45, 7) is 1.68. The first-order valence-corrected chi connectivity index (χ1v) is 6.49. The third-order valence-corrected chi connectivity index (χ3v) is 3.49. The Bertz CT molecular complexity index is 687. The molecule has 0 amide bonds. The Balaban J connectivity index is 2.20. The van der Waals surface area contributed by atoms with E-state index in [9.17, 15) is 9.18 Å². The summed E-state index contributed by atoms with van der Waals surface area (Å²) < 4.78 is 13.4. The summed E-state index contributed by atoms with van der Waals surface area (Å²) in [5, 5.41) is 0.296. The minimum Gasteiger partial charge on any atom is -0.310 e. The molecule has 0 radical (unpaired) electrons. The predicted molar refractivity (Wildman–Crippen MR) is 72.0 cm³/mol. The predicted octanol–water partition coefficient (Wildman–Crippen LogP) is 3.42. The van der Waals surface area contributed by atoms with Crippen molar-refractivity contribution in [1.29, 1.82) is 0 Å². The summed E-state index contributed by atoms with van der Waals surface area (Å²) in [6.07, 6.45) is 2.07. The average molecular weight is 279 g/mol. The van der Waals surface area contributed by atoms with Crippen molar-refractivity contribution >= 4 is 11.6 Å². The minimum absolute atomic E-state index is 0.174. The summed E-state index contributed by atoms with van der Waals surface area (Å²) >= 11 is 5.85. The average Bonchev–Trinajstić information content (AvgIpc) is 3.15. The van der Waals surface area contributed by atoms with Crippen molar-refractivity contribution in [2.45, 2.75) is 25.7 Å². The number of rotatable bonds is 2. The molecule has 3 nitrogen and oxygen atoms in total. The van der Waals surface area contributed by atoms with Crippen LogP contribution in [0.15, 0.2) is 23.0 Å². The van der Waals surface area contributed by atoms with Gasteiger partial charge < -0.3 is 4.98 Å². The van der Waals surface area contributed by atoms with Gasteiger partial charge in [-0.3, -0.25) is 4.79 Å². The van der Waals surface area contributed by atoms with Gasteiger partial charge in [0.05, 0.1) is 5.69 Å². The van der Waals surface area contributed by atoms with E-state index < -0.39 is 5.82 Å². The zero-order valence-electron chi connectivity index (χ0n) is 10.3. The molecule has 0 spiro atoms. The molecular formula is C14H12ClFN2O. The van der Waals surface area contributed by atoms with Crippen molar-refractivity contribution in [1.82, 2.24) is 9.97 Å². The van der Waals surface area contributed by atoms with Crippen molar-refractivity contribution in [3.63, 3.8) is 0 Å². The van der Waals surface area contributed by atoms with E-state index in [1.54, 1.807) is 13.0 Å². The van der Waals surface area contributed by atoms with Crippen LogP contribution in [0, 0.1) is 12.7 Å². The molecule has 1 fully saturated rings. The summed E-state index contributed by atoms with van der Waals surface area (Å²) in [5.41, 5.74) is 1.35. The second-order valence-corrected chi connectivity index (χ2v) is 5.29. The fourth-order valence-corrected chi connectivity index (χ4v) is 2.29. The molecule has 1 aromatic heterocycles. The monoisotopic (exact) mass is 278 g/mol. The third-order valence-electron chi connectivity index (χ3n) is 3.27. The van der Waals surface area contributed by atoms with Crippen LogP contribution in [0.3, 0.4) is 0 Å². The Morgan fingerprint density at radius 3 is 2.74 bits per heavy atom. The number of nitrogens with zero attached hydrogens (tertiary/aromatic N) is 1. The highest BCUT2D eigenvalue weighted by atomic mass is 35.5. The van der Waals surface area contributed by atoms with Crippen LogP contribution < -0.4 is 5.56 Å². The summed E-state index contributed by atoms with van der Waals surface area (Å²) in [4.78, 5) is 19.2. The van der Waals surface area contributed by atoms with Crippen LogP contribution in [-0.2, 0) is 0 Å². The third kappa shape index (κ3) is 2.40. The Morgan fingerprint density at radius 1 is 1.37 bits per heavy atom. The Hall–Kier alpha value is -1.68. The highest BCUT2D eigenvalue weighted by Crippen LogP contribution is 2.38. The number of nitrogens with one attached hydrogen (secondary N) is 1. The van der Waals surface area contributed by atoms with Crippen LogP contribution in [0.5, 0.6) is 0 Å². The molecule has 1 heterocycles. The first-order valence-electron chi connectivity index (χ1n) is 6.12. The number of hydrogen-bond donors (Lipinski definition) is 1. The van der Waals surface area contributed by atoms with Gasteiger partial charge in [0.15, 0.2) is 0 Å². The van der Waals surface area contributed by atoms with Crippen molar-refractivity contribution in [2.75, 3.05) is 0 Å². The van der Waals surface area contributed by atoms with E-state index in [2.05, 4.69) is 9.97 Å². The standard InChI is InChI=1S/C14H12ClFN2O/c1-7-12(9-4-10(15)6-11(16)5-9)17-13(8-2-3-8)18-14(7)19/h4-6,8H,2-3H2,1H3,(H,17,18,19). The van der Waals surface area contributed by atoms with E-state index in [4.69, 9.17) is 11.6 Å². The molecule has 98 valence electrons. The molecule has 1 N–H and O–H groups in total. The molecule has 0 saturated heterocycles. The number of benzene rings is 1. The van der Waals surface area contributed by atoms with Gasteiger partial charge in [-0.05, 0) is 38.0 Å². The number of aromatic nitrogens is 2. The lowest BCUT2D eigenvalue weighted by Gasteiger charge is -2.08. The Labute approximate surface area is 114 Å². The second-order valence-electron chi connectivity index (χ2n) is 4.86. The van der Waals surface area contributed by atoms with Gasteiger partial charge in [-0.25, -0.2) is 9.37 Å². The van der Waals surface area contributed by atoms with Gasteiger partial charge in [0.25, 0.3) is 5.56 Å². The van der Waals surface area contributed by atoms with Crippen molar-refractivity contribution < 1.29 is 4.39 Å². The molecular weight excluding hydrogens is 267 g/mol. The quantitative estimate of drug-likeness (QED) is 0.915. The van der Waals surface area contributed by atoms with Crippen LogP contribution in [0.2, 0.25) is 5.02 Å². The van der Waals surface area contributed by atoms with E-state index >= 15 is 0 Å². The van der Waals surface area contributed by atoms with Crippen molar-refractivity contribution in [3.8, 4) is 11.3 Å². The van der Waals surface area contributed by atoms with E-state index in [1.807, 2.05) is 0 Å². The molecule has 0 atom stereocenters. The zero-order valence-corrected chi connectivity index (χ0v) is 11.1. The molecule has 1 aliphatic carbocycles. The summed E-state index contributed by atoms with van der Waals surface area (Å²) in [6, 6.07) is 4.20. The SMILES string of the molecule is Cc1c(-c2cc(F)cc(Cl)c2)nc(C2CC2)[nH]c1=O. The van der Waals surface area contributed by atoms with Gasteiger partial charge in [0.2, 0.25) is 0 Å². The molecule has 19 heavy (non-hydrogen) atoms. The second kappa shape index (κ2) is 4.46. The van der Waals surface area contributed by atoms with Gasteiger partial charge in [-0.2, -0.15) is 0 Å². The van der Waals surface area contributed by atoms with Gasteiger partial charge in [0.1, 0.15) is 11.6 Å². The summed E-state index contributed by atoms with van der Waals surface area (Å²) in [5.74, 6) is 0.582. The first kappa shape index (κ1) is 12.4. The van der Waals surface area contributed by atoms with Gasteiger partial charge in [-0.15, -0.1) is 0 Å². The van der Waals surface area contributed by atoms with Crippen LogP contribution in [-0.4, -0.2) is 9.97 Å². The fraction of sp³-hybridized carbons (Fsp3) is 0.286. The maximum absolute atomic E-state index is 13.4. The van der Waals surface area contributed by atoms with Crippen LogP contribution in [0.4, 0.5) is 4.39 Å². The van der Waals surface area contributed by atoms with E-state index in [0.717, 1.165) is 12.8 Å². The molecule has 1 saturated carbocycles. The molecule has 1 aliphatic rings. The van der Waals surface area contributed by atoms with E-state index in [1.165, 1.54) is 12.1 Å². The lowest BCUT2D eigenvalue weighted by atomic mass is 10.1. The minimum atomic E-state index is -0.433. The maximum atomic E-state index is 13.4. The van der Waals surface area contributed by atoms with Crippen LogP contribution in [0.1, 0.15) is 30.1 Å². The van der Waals surface area contributed by atoms with Crippen LogP contribution >= 0.6 is 11.6 Å². The maximum Gasteiger partial charge on any atom is 0.254 e. The molecule has 0 aliphatic heterocycles. The molecule has 2 aromatic rings. The zero-order chi connectivity index (χ0) is 13.6. The van der Waals surface area contributed by atoms with Gasteiger partial charge in [-0.1, -0.05) is 11.6 Å². The lowest BCUT2D eigenvalue weighted by Crippen LogP contribution is -2.15. The van der Waals surface area contributed by atoms with Crippen molar-refractivity contribution in [2.24, 2.45) is 0 Å². The molecule has 1 aromatic carbocycles. The van der Waals surface area contributed by atoms with E-state index in [-0.39, 0.29) is 5.56 Å². The number of hydrogen-bond acceptors (Lipinski definition) is 2. The van der Waals surface area contributed by atoms with Gasteiger partial charge >= 0.3 is 0 Å². The normalized spacial score (nSPS) is 14.7. The molecule has 3 rings (SSSR count). The van der Waals surface area contributed by atoms with Crippen LogP contribution in [0.25, 0.3) is 11.3 Å². The number of aromatic amines is 1. The Morgan fingerprint density at radius 2 is 2.11 bits per heavy atom. The highest BCUT2D eigenvalue weighted by molar-refractivity contribution is 6.30. The largest absolute Gasteiger partial charge is 0.310 e. The molecule has 0 bridgehead atoms. The van der Waals surface area contributed by atoms with Gasteiger partial charge in [0, 0.05) is 22.1 Å². The molecule has 0 unspecified atom stereocenters. The Kier molecular flexibility index (Phi) is 2.90. The first-order chi connectivity index (χ1) is 9.04. The van der Waals surface area contributed by atoms with Crippen molar-refractivity contribution in [3.05, 3.63) is 50.8 Å². The van der Waals surface area contributed by atoms with E-state index in [0.29, 0.717) is 33.6 Å². The fourth-order valence-electron chi connectivity index (χ4n) is 2.07. The summed E-state index contributed by atoms with van der Waals surface area (Å²) in [7, 11) is 0. The number of H-pyrrole nitrogens is 1. The number of halogens is 2. The topological polar surface area (TPSA) is 45.8 Å². The lowest BCUT2D eigenvalue weighted by molar-refractivity contribution is 0.628. The smallest absolute Gasteiger partial charge is 0.254 e. The molecule has 5 heteroatoms.